The maximum atomic E-state index is 4.52. The number of nitrogens with one attached hydrogen (secondary N) is 1. The molecule has 0 spiro atoms. The molecule has 2 atom stereocenters. The molecule has 3 nitrogen and oxygen atoms in total. The Labute approximate surface area is 92.3 Å². The van der Waals surface area contributed by atoms with Crippen molar-refractivity contribution in [2.45, 2.75) is 46.1 Å². The second kappa shape index (κ2) is 5.21. The number of aromatic nitrogens is 2. The van der Waals surface area contributed by atoms with Crippen molar-refractivity contribution in [1.82, 2.24) is 15.3 Å². The maximum absolute atomic E-state index is 4.52. The summed E-state index contributed by atoms with van der Waals surface area (Å²) in [7, 11) is 1.98. The lowest BCUT2D eigenvalue weighted by atomic mass is 9.97. The van der Waals surface area contributed by atoms with Gasteiger partial charge in [-0.25, -0.2) is 9.97 Å². The summed E-state index contributed by atoms with van der Waals surface area (Å²) in [5.74, 6) is 1.37. The van der Waals surface area contributed by atoms with Gasteiger partial charge in [0.2, 0.25) is 0 Å². The molecule has 0 bridgehead atoms. The van der Waals surface area contributed by atoms with Crippen LogP contribution in [0.3, 0.4) is 0 Å². The highest BCUT2D eigenvalue weighted by molar-refractivity contribution is 5.12. The van der Waals surface area contributed by atoms with Gasteiger partial charge in [0, 0.05) is 23.3 Å². The van der Waals surface area contributed by atoms with Crippen molar-refractivity contribution in [2.75, 3.05) is 7.05 Å². The third-order valence-electron chi connectivity index (χ3n) is 2.83. The highest BCUT2D eigenvalue weighted by atomic mass is 14.9. The Bertz CT molecular complexity index is 302. The number of hydrogen-bond acceptors (Lipinski definition) is 3. The average Bonchev–Trinajstić information content (AvgIpc) is 2.17. The summed E-state index contributed by atoms with van der Waals surface area (Å²) in [5, 5.41) is 3.27. The second-order valence-corrected chi connectivity index (χ2v) is 4.10. The van der Waals surface area contributed by atoms with E-state index in [2.05, 4.69) is 29.1 Å². The van der Waals surface area contributed by atoms with Crippen molar-refractivity contribution in [1.29, 1.82) is 0 Å². The van der Waals surface area contributed by atoms with Crippen LogP contribution in [0.15, 0.2) is 6.07 Å². The van der Waals surface area contributed by atoms with Crippen LogP contribution in [0.4, 0.5) is 0 Å². The Morgan fingerprint density at radius 1 is 1.27 bits per heavy atom. The van der Waals surface area contributed by atoms with Gasteiger partial charge in [0.05, 0.1) is 0 Å². The quantitative estimate of drug-likeness (QED) is 0.822. The van der Waals surface area contributed by atoms with Gasteiger partial charge in [0.25, 0.3) is 0 Å². The fourth-order valence-corrected chi connectivity index (χ4v) is 1.88. The van der Waals surface area contributed by atoms with E-state index in [1.807, 2.05) is 27.0 Å². The van der Waals surface area contributed by atoms with Crippen LogP contribution in [-0.2, 0) is 0 Å². The van der Waals surface area contributed by atoms with Crippen LogP contribution >= 0.6 is 0 Å². The lowest BCUT2D eigenvalue weighted by Gasteiger charge is -2.21. The summed E-state index contributed by atoms with van der Waals surface area (Å²) in [6.07, 6.45) is 1.06. The van der Waals surface area contributed by atoms with Gasteiger partial charge in [-0.15, -0.1) is 0 Å². The number of aryl methyl sites for hydroxylation is 2. The zero-order chi connectivity index (χ0) is 11.4. The normalized spacial score (nSPS) is 15.0. The molecule has 0 saturated heterocycles. The Morgan fingerprint density at radius 3 is 2.20 bits per heavy atom. The van der Waals surface area contributed by atoms with Gasteiger partial charge in [-0.1, -0.05) is 6.92 Å². The summed E-state index contributed by atoms with van der Waals surface area (Å²) in [4.78, 5) is 9.05. The van der Waals surface area contributed by atoms with Gasteiger partial charge >= 0.3 is 0 Å². The third kappa shape index (κ3) is 2.99. The van der Waals surface area contributed by atoms with Gasteiger partial charge in [-0.2, -0.15) is 0 Å². The summed E-state index contributed by atoms with van der Waals surface area (Å²) >= 11 is 0. The molecule has 1 heterocycles. The Morgan fingerprint density at radius 2 is 1.80 bits per heavy atom. The Hall–Kier alpha value is -0.960. The van der Waals surface area contributed by atoms with Crippen molar-refractivity contribution >= 4 is 0 Å². The fraction of sp³-hybridized carbons (Fsp3) is 0.667. The van der Waals surface area contributed by atoms with E-state index in [0.29, 0.717) is 12.0 Å². The van der Waals surface area contributed by atoms with E-state index in [-0.39, 0.29) is 0 Å². The van der Waals surface area contributed by atoms with Crippen molar-refractivity contribution in [3.05, 3.63) is 23.3 Å². The molecule has 1 rings (SSSR count). The molecular formula is C12H21N3. The number of nitrogens with zero attached hydrogens (tertiary/aromatic N) is 2. The first-order valence-corrected chi connectivity index (χ1v) is 5.58. The molecule has 15 heavy (non-hydrogen) atoms. The molecule has 84 valence electrons. The van der Waals surface area contributed by atoms with E-state index in [0.717, 1.165) is 23.6 Å². The molecule has 0 aromatic carbocycles. The average molecular weight is 207 g/mol. The van der Waals surface area contributed by atoms with E-state index in [1.54, 1.807) is 0 Å². The predicted octanol–water partition coefficient (Wildman–Crippen LogP) is 2.19. The van der Waals surface area contributed by atoms with Crippen molar-refractivity contribution < 1.29 is 0 Å². The zero-order valence-corrected chi connectivity index (χ0v) is 10.3. The Balaban J connectivity index is 3.01. The molecule has 1 aromatic heterocycles. The van der Waals surface area contributed by atoms with Crippen molar-refractivity contribution in [3.63, 3.8) is 0 Å². The van der Waals surface area contributed by atoms with E-state index >= 15 is 0 Å². The van der Waals surface area contributed by atoms with Crippen LogP contribution in [0.2, 0.25) is 0 Å². The largest absolute Gasteiger partial charge is 0.317 e. The van der Waals surface area contributed by atoms with Gasteiger partial charge in [0.1, 0.15) is 5.82 Å². The monoisotopic (exact) mass is 207 g/mol. The molecule has 3 heteroatoms. The lowest BCUT2D eigenvalue weighted by Crippen LogP contribution is -2.30. The van der Waals surface area contributed by atoms with Gasteiger partial charge in [0.15, 0.2) is 0 Å². The highest BCUT2D eigenvalue weighted by Crippen LogP contribution is 2.20. The Kier molecular flexibility index (Phi) is 4.21. The van der Waals surface area contributed by atoms with Crippen LogP contribution < -0.4 is 5.32 Å². The summed E-state index contributed by atoms with van der Waals surface area (Å²) in [5.41, 5.74) is 2.11. The van der Waals surface area contributed by atoms with Gasteiger partial charge in [-0.3, -0.25) is 0 Å². The topological polar surface area (TPSA) is 37.8 Å². The van der Waals surface area contributed by atoms with E-state index in [1.165, 1.54) is 0 Å². The predicted molar refractivity (Wildman–Crippen MR) is 63.1 cm³/mol. The highest BCUT2D eigenvalue weighted by Gasteiger charge is 2.19. The first-order valence-electron chi connectivity index (χ1n) is 5.58. The van der Waals surface area contributed by atoms with Crippen LogP contribution in [0.5, 0.6) is 0 Å². The standard InChI is InChI=1S/C12H21N3/c1-6-11(10(4)13-5)12-14-8(2)7-9(3)15-12/h7,10-11,13H,6H2,1-5H3. The molecule has 0 radical (unpaired) electrons. The van der Waals surface area contributed by atoms with Crippen molar-refractivity contribution in [2.24, 2.45) is 0 Å². The van der Waals surface area contributed by atoms with E-state index in [9.17, 15) is 0 Å². The van der Waals surface area contributed by atoms with Crippen LogP contribution in [-0.4, -0.2) is 23.1 Å². The number of rotatable bonds is 4. The minimum absolute atomic E-state index is 0.397. The summed E-state index contributed by atoms with van der Waals surface area (Å²) < 4.78 is 0. The molecule has 1 aromatic rings. The number of hydrogen-bond donors (Lipinski definition) is 1. The first-order chi connectivity index (χ1) is 7.08. The van der Waals surface area contributed by atoms with Crippen LogP contribution in [0.1, 0.15) is 43.4 Å². The zero-order valence-electron chi connectivity index (χ0n) is 10.3. The summed E-state index contributed by atoms with van der Waals surface area (Å²) in [6, 6.07) is 2.43. The molecule has 0 saturated carbocycles. The maximum Gasteiger partial charge on any atom is 0.133 e. The van der Waals surface area contributed by atoms with Crippen molar-refractivity contribution in [3.8, 4) is 0 Å². The molecule has 0 aliphatic carbocycles. The third-order valence-corrected chi connectivity index (χ3v) is 2.83. The molecular weight excluding hydrogens is 186 g/mol. The minimum Gasteiger partial charge on any atom is -0.317 e. The molecule has 0 fully saturated rings. The molecule has 0 aliphatic heterocycles. The molecule has 0 aliphatic rings. The second-order valence-electron chi connectivity index (χ2n) is 4.10. The van der Waals surface area contributed by atoms with E-state index < -0.39 is 0 Å². The molecule has 2 unspecified atom stereocenters. The van der Waals surface area contributed by atoms with E-state index in [4.69, 9.17) is 0 Å². The molecule has 0 amide bonds. The minimum atomic E-state index is 0.397. The lowest BCUT2D eigenvalue weighted by molar-refractivity contribution is 0.462. The first kappa shape index (κ1) is 12.1. The van der Waals surface area contributed by atoms with Crippen LogP contribution in [0, 0.1) is 13.8 Å². The number of likely N-dealkylation sites (N-methyl/N-ethyl adjacent to an activating group) is 1. The molecule has 1 N–H and O–H groups in total. The fourth-order valence-electron chi connectivity index (χ4n) is 1.88. The van der Waals surface area contributed by atoms with Gasteiger partial charge < -0.3 is 5.32 Å². The smallest absolute Gasteiger partial charge is 0.133 e. The van der Waals surface area contributed by atoms with Gasteiger partial charge in [-0.05, 0) is 40.3 Å². The van der Waals surface area contributed by atoms with Crippen LogP contribution in [0.25, 0.3) is 0 Å². The summed E-state index contributed by atoms with van der Waals surface area (Å²) in [6.45, 7) is 8.40. The SMILES string of the molecule is CCC(c1nc(C)cc(C)n1)C(C)NC.